The van der Waals surface area contributed by atoms with Gasteiger partial charge in [-0.1, -0.05) is 25.7 Å². The number of nitrogens with one attached hydrogen (secondary N) is 1. The first kappa shape index (κ1) is 18.6. The van der Waals surface area contributed by atoms with Crippen LogP contribution in [0.1, 0.15) is 44.1 Å². The summed E-state index contributed by atoms with van der Waals surface area (Å²) in [5, 5.41) is 13.5. The topological polar surface area (TPSA) is 98.5 Å². The number of rotatable bonds is 6. The van der Waals surface area contributed by atoms with Crippen molar-refractivity contribution in [1.29, 1.82) is 0 Å². The van der Waals surface area contributed by atoms with Gasteiger partial charge in [0.1, 0.15) is 0 Å². The van der Waals surface area contributed by atoms with Crippen molar-refractivity contribution in [3.63, 3.8) is 0 Å². The Bertz CT molecular complexity index is 631. The van der Waals surface area contributed by atoms with Gasteiger partial charge in [0.05, 0.1) is 4.92 Å². The molecular formula is C18H22N2O5. The van der Waals surface area contributed by atoms with E-state index in [1.807, 2.05) is 0 Å². The first-order chi connectivity index (χ1) is 12.0. The summed E-state index contributed by atoms with van der Waals surface area (Å²) in [6.07, 6.45) is 9.25. The van der Waals surface area contributed by atoms with Crippen molar-refractivity contribution >= 4 is 23.6 Å². The van der Waals surface area contributed by atoms with Crippen molar-refractivity contribution in [1.82, 2.24) is 5.32 Å². The molecule has 134 valence electrons. The van der Waals surface area contributed by atoms with Crippen LogP contribution in [-0.4, -0.2) is 29.4 Å². The lowest BCUT2D eigenvalue weighted by Crippen LogP contribution is -2.37. The van der Waals surface area contributed by atoms with Gasteiger partial charge in [-0.2, -0.15) is 0 Å². The van der Waals surface area contributed by atoms with E-state index in [1.54, 1.807) is 0 Å². The molecule has 2 rings (SSSR count). The fourth-order valence-electron chi connectivity index (χ4n) is 2.75. The maximum absolute atomic E-state index is 11.8. The molecule has 1 amide bonds. The van der Waals surface area contributed by atoms with Crippen LogP contribution in [0.2, 0.25) is 0 Å². The number of hydrogen-bond donors (Lipinski definition) is 1. The van der Waals surface area contributed by atoms with Crippen LogP contribution < -0.4 is 5.32 Å². The molecule has 0 heterocycles. The first-order valence-corrected chi connectivity index (χ1v) is 8.43. The number of nitrogens with zero attached hydrogens (tertiary/aromatic N) is 1. The van der Waals surface area contributed by atoms with Crippen molar-refractivity contribution in [3.05, 3.63) is 46.0 Å². The van der Waals surface area contributed by atoms with Gasteiger partial charge in [0.25, 0.3) is 11.6 Å². The molecule has 1 aliphatic carbocycles. The minimum atomic E-state index is -0.630. The third kappa shape index (κ3) is 6.74. The fourth-order valence-corrected chi connectivity index (χ4v) is 2.75. The summed E-state index contributed by atoms with van der Waals surface area (Å²) in [5.41, 5.74) is 0.611. The SMILES string of the molecule is O=C(COC(=O)/C=C/c1ccc([N+](=O)[O-])cc1)NC1CCCCCC1. The third-order valence-electron chi connectivity index (χ3n) is 4.08. The summed E-state index contributed by atoms with van der Waals surface area (Å²) in [6, 6.07) is 5.93. The number of hydrogen-bond acceptors (Lipinski definition) is 5. The Morgan fingerprint density at radius 3 is 2.40 bits per heavy atom. The van der Waals surface area contributed by atoms with Crippen LogP contribution in [-0.2, 0) is 14.3 Å². The van der Waals surface area contributed by atoms with E-state index < -0.39 is 10.9 Å². The lowest BCUT2D eigenvalue weighted by molar-refractivity contribution is -0.384. The maximum Gasteiger partial charge on any atom is 0.331 e. The van der Waals surface area contributed by atoms with Gasteiger partial charge in [-0.3, -0.25) is 14.9 Å². The molecular weight excluding hydrogens is 324 g/mol. The summed E-state index contributed by atoms with van der Waals surface area (Å²) < 4.78 is 4.91. The highest BCUT2D eigenvalue weighted by atomic mass is 16.6. The summed E-state index contributed by atoms with van der Waals surface area (Å²) in [6.45, 7) is -0.306. The number of non-ortho nitro benzene ring substituents is 1. The Kier molecular flexibility index (Phi) is 7.13. The van der Waals surface area contributed by atoms with E-state index in [1.165, 1.54) is 49.3 Å². The number of benzene rings is 1. The second kappa shape index (κ2) is 9.56. The van der Waals surface area contributed by atoms with Gasteiger partial charge in [-0.15, -0.1) is 0 Å². The zero-order chi connectivity index (χ0) is 18.1. The monoisotopic (exact) mass is 346 g/mol. The van der Waals surface area contributed by atoms with Gasteiger partial charge < -0.3 is 10.1 Å². The summed E-state index contributed by atoms with van der Waals surface area (Å²) in [5.74, 6) is -0.918. The average molecular weight is 346 g/mol. The molecule has 0 bridgehead atoms. The molecule has 0 spiro atoms. The molecule has 1 aromatic rings. The van der Waals surface area contributed by atoms with E-state index in [0.29, 0.717) is 5.56 Å². The Labute approximate surface area is 146 Å². The summed E-state index contributed by atoms with van der Waals surface area (Å²) >= 11 is 0. The van der Waals surface area contributed by atoms with Gasteiger partial charge >= 0.3 is 5.97 Å². The van der Waals surface area contributed by atoms with Crippen molar-refractivity contribution in [3.8, 4) is 0 Å². The second-order valence-electron chi connectivity index (χ2n) is 6.05. The Morgan fingerprint density at radius 2 is 1.80 bits per heavy atom. The Balaban J connectivity index is 1.73. The minimum Gasteiger partial charge on any atom is -0.452 e. The number of carbonyl (C=O) groups is 2. The smallest absolute Gasteiger partial charge is 0.331 e. The highest BCUT2D eigenvalue weighted by Gasteiger charge is 2.15. The molecule has 0 saturated heterocycles. The molecule has 1 saturated carbocycles. The van der Waals surface area contributed by atoms with Gasteiger partial charge in [0.15, 0.2) is 6.61 Å². The molecule has 25 heavy (non-hydrogen) atoms. The van der Waals surface area contributed by atoms with Crippen LogP contribution in [0.4, 0.5) is 5.69 Å². The minimum absolute atomic E-state index is 0.0186. The number of esters is 1. The lowest BCUT2D eigenvalue weighted by atomic mass is 10.1. The predicted molar refractivity (Wildman–Crippen MR) is 92.7 cm³/mol. The Hall–Kier alpha value is -2.70. The van der Waals surface area contributed by atoms with Crippen LogP contribution in [0.15, 0.2) is 30.3 Å². The number of nitro benzene ring substituents is 1. The van der Waals surface area contributed by atoms with Gasteiger partial charge in [-0.05, 0) is 36.6 Å². The fraction of sp³-hybridized carbons (Fsp3) is 0.444. The quantitative estimate of drug-likeness (QED) is 0.281. The lowest BCUT2D eigenvalue weighted by Gasteiger charge is -2.15. The molecule has 0 aromatic heterocycles. The normalized spacial score (nSPS) is 15.5. The average Bonchev–Trinajstić information content (AvgIpc) is 2.87. The van der Waals surface area contributed by atoms with E-state index in [2.05, 4.69) is 5.32 Å². The molecule has 7 heteroatoms. The largest absolute Gasteiger partial charge is 0.452 e. The van der Waals surface area contributed by atoms with Crippen LogP contribution >= 0.6 is 0 Å². The molecule has 1 aromatic carbocycles. The van der Waals surface area contributed by atoms with Crippen LogP contribution in [0.3, 0.4) is 0 Å². The van der Waals surface area contributed by atoms with E-state index >= 15 is 0 Å². The number of amides is 1. The molecule has 0 atom stereocenters. The summed E-state index contributed by atoms with van der Waals surface area (Å²) in [7, 11) is 0. The molecule has 0 aliphatic heterocycles. The maximum atomic E-state index is 11.8. The molecule has 0 unspecified atom stereocenters. The number of carbonyl (C=O) groups excluding carboxylic acids is 2. The predicted octanol–water partition coefficient (Wildman–Crippen LogP) is 2.99. The molecule has 1 fully saturated rings. The molecule has 1 N–H and O–H groups in total. The van der Waals surface area contributed by atoms with Gasteiger partial charge in [0.2, 0.25) is 0 Å². The Morgan fingerprint density at radius 1 is 1.16 bits per heavy atom. The van der Waals surface area contributed by atoms with E-state index in [-0.39, 0.29) is 24.2 Å². The van der Waals surface area contributed by atoms with Crippen LogP contribution in [0.25, 0.3) is 6.08 Å². The molecule has 7 nitrogen and oxygen atoms in total. The first-order valence-electron chi connectivity index (χ1n) is 8.43. The summed E-state index contributed by atoms with van der Waals surface area (Å²) in [4.78, 5) is 33.5. The number of ether oxygens (including phenoxy) is 1. The van der Waals surface area contributed by atoms with Crippen LogP contribution in [0.5, 0.6) is 0 Å². The highest BCUT2D eigenvalue weighted by molar-refractivity contribution is 5.89. The van der Waals surface area contributed by atoms with Crippen molar-refractivity contribution in [2.24, 2.45) is 0 Å². The third-order valence-corrected chi connectivity index (χ3v) is 4.08. The zero-order valence-corrected chi connectivity index (χ0v) is 14.0. The van der Waals surface area contributed by atoms with E-state index in [9.17, 15) is 19.7 Å². The molecule has 0 radical (unpaired) electrons. The van der Waals surface area contributed by atoms with Crippen molar-refractivity contribution in [2.45, 2.75) is 44.6 Å². The van der Waals surface area contributed by atoms with Crippen molar-refractivity contribution < 1.29 is 19.2 Å². The van der Waals surface area contributed by atoms with E-state index in [0.717, 1.165) is 25.7 Å². The van der Waals surface area contributed by atoms with Crippen molar-refractivity contribution in [2.75, 3.05) is 6.61 Å². The van der Waals surface area contributed by atoms with Crippen LogP contribution in [0, 0.1) is 10.1 Å². The zero-order valence-electron chi connectivity index (χ0n) is 14.0. The van der Waals surface area contributed by atoms with Gasteiger partial charge in [-0.25, -0.2) is 4.79 Å². The van der Waals surface area contributed by atoms with E-state index in [4.69, 9.17) is 4.74 Å². The van der Waals surface area contributed by atoms with Gasteiger partial charge in [0, 0.05) is 24.3 Å². The second-order valence-corrected chi connectivity index (χ2v) is 6.05. The standard InChI is InChI=1S/C18H22N2O5/c21-17(19-15-5-3-1-2-4-6-15)13-25-18(22)12-9-14-7-10-16(11-8-14)20(23)24/h7-12,15H,1-6,13H2,(H,19,21)/b12-9+. The highest BCUT2D eigenvalue weighted by Crippen LogP contribution is 2.17. The molecule has 1 aliphatic rings. The number of nitro groups is 1.